The Labute approximate surface area is 121 Å². The lowest BCUT2D eigenvalue weighted by molar-refractivity contribution is 0.130. The largest absolute Gasteiger partial charge is 0.389 e. The zero-order valence-corrected chi connectivity index (χ0v) is 11.5. The second-order valence-corrected chi connectivity index (χ2v) is 4.70. The van der Waals surface area contributed by atoms with Crippen molar-refractivity contribution in [3.05, 3.63) is 69.7 Å². The van der Waals surface area contributed by atoms with Gasteiger partial charge in [-0.1, -0.05) is 58.7 Å². The van der Waals surface area contributed by atoms with Crippen LogP contribution in [0.25, 0.3) is 0 Å². The van der Waals surface area contributed by atoms with Crippen LogP contribution >= 0.6 is 23.2 Å². The first-order chi connectivity index (χ1) is 9.16. The molecule has 2 rings (SSSR count). The highest BCUT2D eigenvalue weighted by molar-refractivity contribution is 6.31. The van der Waals surface area contributed by atoms with E-state index in [2.05, 4.69) is 5.16 Å². The number of hydrogen-bond donors (Lipinski definition) is 1. The summed E-state index contributed by atoms with van der Waals surface area (Å²) < 4.78 is 0. The van der Waals surface area contributed by atoms with Crippen molar-refractivity contribution in [1.82, 2.24) is 0 Å². The van der Waals surface area contributed by atoms with Gasteiger partial charge in [-0.25, -0.2) is 0 Å². The molecule has 98 valence electrons. The minimum atomic E-state index is 0.265. The van der Waals surface area contributed by atoms with Gasteiger partial charge in [-0.15, -0.1) is 0 Å². The molecule has 0 aromatic heterocycles. The number of halogens is 2. The van der Waals surface area contributed by atoms with E-state index in [-0.39, 0.29) is 12.4 Å². The molecule has 0 saturated carbocycles. The van der Waals surface area contributed by atoms with Crippen LogP contribution in [0.5, 0.6) is 0 Å². The summed E-state index contributed by atoms with van der Waals surface area (Å²) in [7, 11) is 0. The molecular weight excluding hydrogens is 283 g/mol. The van der Waals surface area contributed by atoms with E-state index >= 15 is 0 Å². The van der Waals surface area contributed by atoms with Crippen LogP contribution in [-0.4, -0.2) is 5.84 Å². The lowest BCUT2D eigenvalue weighted by Crippen LogP contribution is -2.13. The van der Waals surface area contributed by atoms with E-state index in [0.717, 1.165) is 5.56 Å². The smallest absolute Gasteiger partial charge is 0.170 e. The Kier molecular flexibility index (Phi) is 4.66. The topological polar surface area (TPSA) is 47.6 Å². The maximum absolute atomic E-state index is 6.00. The van der Waals surface area contributed by atoms with Crippen molar-refractivity contribution in [2.75, 3.05) is 0 Å². The van der Waals surface area contributed by atoms with Crippen LogP contribution in [-0.2, 0) is 11.4 Å². The predicted molar refractivity (Wildman–Crippen MR) is 78.4 cm³/mol. The fourth-order valence-corrected chi connectivity index (χ4v) is 1.87. The molecule has 0 bridgehead atoms. The number of hydrogen-bond acceptors (Lipinski definition) is 2. The molecule has 0 fully saturated rings. The summed E-state index contributed by atoms with van der Waals surface area (Å²) in [5.41, 5.74) is 7.37. The Bertz CT molecular complexity index is 600. The molecule has 2 aromatic carbocycles. The molecule has 0 spiro atoms. The van der Waals surface area contributed by atoms with Crippen molar-refractivity contribution in [3.8, 4) is 0 Å². The van der Waals surface area contributed by atoms with Gasteiger partial charge in [0.15, 0.2) is 5.84 Å². The Morgan fingerprint density at radius 3 is 2.63 bits per heavy atom. The molecule has 5 heteroatoms. The third kappa shape index (κ3) is 3.88. The molecular formula is C14H12Cl2N2O. The zero-order valence-electron chi connectivity index (χ0n) is 10.0. The minimum Gasteiger partial charge on any atom is -0.389 e. The van der Waals surface area contributed by atoms with Gasteiger partial charge in [0.25, 0.3) is 0 Å². The van der Waals surface area contributed by atoms with E-state index in [1.54, 1.807) is 24.3 Å². The summed E-state index contributed by atoms with van der Waals surface area (Å²) in [6.07, 6.45) is 0. The van der Waals surface area contributed by atoms with Crippen molar-refractivity contribution in [2.24, 2.45) is 10.9 Å². The van der Waals surface area contributed by atoms with Gasteiger partial charge in [0, 0.05) is 21.2 Å². The van der Waals surface area contributed by atoms with Gasteiger partial charge in [0.2, 0.25) is 0 Å². The maximum Gasteiger partial charge on any atom is 0.170 e. The van der Waals surface area contributed by atoms with Crippen molar-refractivity contribution < 1.29 is 4.84 Å². The molecule has 0 radical (unpaired) electrons. The summed E-state index contributed by atoms with van der Waals surface area (Å²) in [5, 5.41) is 5.09. The van der Waals surface area contributed by atoms with Crippen LogP contribution in [0.3, 0.4) is 0 Å². The third-order valence-electron chi connectivity index (χ3n) is 2.46. The quantitative estimate of drug-likeness (QED) is 0.529. The van der Waals surface area contributed by atoms with E-state index in [4.69, 9.17) is 33.8 Å². The van der Waals surface area contributed by atoms with Crippen LogP contribution < -0.4 is 5.73 Å². The molecule has 3 nitrogen and oxygen atoms in total. The maximum atomic E-state index is 6.00. The molecule has 0 aliphatic heterocycles. The van der Waals surface area contributed by atoms with E-state index in [1.165, 1.54) is 0 Å². The van der Waals surface area contributed by atoms with Crippen molar-refractivity contribution in [3.63, 3.8) is 0 Å². The first-order valence-corrected chi connectivity index (χ1v) is 6.37. The Hall–Kier alpha value is -1.71. The first kappa shape index (κ1) is 13.7. The van der Waals surface area contributed by atoms with E-state index in [1.807, 2.05) is 24.3 Å². The van der Waals surface area contributed by atoms with Gasteiger partial charge in [-0.2, -0.15) is 0 Å². The van der Waals surface area contributed by atoms with Crippen LogP contribution in [0.4, 0.5) is 0 Å². The molecule has 2 aromatic rings. The molecule has 0 saturated heterocycles. The van der Waals surface area contributed by atoms with Gasteiger partial charge in [-0.3, -0.25) is 0 Å². The van der Waals surface area contributed by atoms with Crippen LogP contribution in [0, 0.1) is 0 Å². The minimum absolute atomic E-state index is 0.265. The van der Waals surface area contributed by atoms with E-state index in [9.17, 15) is 0 Å². The number of benzene rings is 2. The second kappa shape index (κ2) is 6.45. The van der Waals surface area contributed by atoms with Gasteiger partial charge in [0.1, 0.15) is 6.61 Å². The molecule has 0 aliphatic carbocycles. The van der Waals surface area contributed by atoms with Gasteiger partial charge >= 0.3 is 0 Å². The monoisotopic (exact) mass is 294 g/mol. The lowest BCUT2D eigenvalue weighted by atomic mass is 10.2. The molecule has 0 amide bonds. The Morgan fingerprint density at radius 2 is 1.89 bits per heavy atom. The molecule has 0 unspecified atom stereocenters. The predicted octanol–water partition coefficient (Wildman–Crippen LogP) is 3.83. The van der Waals surface area contributed by atoms with Crippen molar-refractivity contribution >= 4 is 29.0 Å². The fraction of sp³-hybridized carbons (Fsp3) is 0.0714. The van der Waals surface area contributed by atoms with Gasteiger partial charge in [-0.05, 0) is 18.2 Å². The van der Waals surface area contributed by atoms with Crippen molar-refractivity contribution in [2.45, 2.75) is 6.61 Å². The summed E-state index contributed by atoms with van der Waals surface area (Å²) >= 11 is 11.9. The van der Waals surface area contributed by atoms with Gasteiger partial charge < -0.3 is 10.6 Å². The standard InChI is InChI=1S/C14H12Cl2N2O/c15-12-6-3-5-10(8-12)14(17)18-19-9-11-4-1-2-7-13(11)16/h1-8H,9H2,(H2,17,18). The molecule has 0 atom stereocenters. The highest BCUT2D eigenvalue weighted by atomic mass is 35.5. The van der Waals surface area contributed by atoms with Crippen molar-refractivity contribution in [1.29, 1.82) is 0 Å². The second-order valence-electron chi connectivity index (χ2n) is 3.85. The summed E-state index contributed by atoms with van der Waals surface area (Å²) in [5.74, 6) is 0.273. The molecule has 0 aliphatic rings. The number of amidine groups is 1. The fourth-order valence-electron chi connectivity index (χ4n) is 1.49. The number of rotatable bonds is 4. The Balaban J connectivity index is 2.01. The van der Waals surface area contributed by atoms with Gasteiger partial charge in [0.05, 0.1) is 0 Å². The van der Waals surface area contributed by atoms with Crippen LogP contribution in [0.2, 0.25) is 10.0 Å². The molecule has 2 N–H and O–H groups in total. The van der Waals surface area contributed by atoms with Crippen LogP contribution in [0.1, 0.15) is 11.1 Å². The van der Waals surface area contributed by atoms with E-state index < -0.39 is 0 Å². The number of oxime groups is 1. The zero-order chi connectivity index (χ0) is 13.7. The van der Waals surface area contributed by atoms with Crippen LogP contribution in [0.15, 0.2) is 53.7 Å². The highest BCUT2D eigenvalue weighted by Crippen LogP contribution is 2.16. The average molecular weight is 295 g/mol. The SMILES string of the molecule is N/C(=N/OCc1ccccc1Cl)c1cccc(Cl)c1. The molecule has 0 heterocycles. The summed E-state index contributed by atoms with van der Waals surface area (Å²) in [6, 6.07) is 14.5. The normalized spacial score (nSPS) is 11.4. The lowest BCUT2D eigenvalue weighted by Gasteiger charge is -2.04. The Morgan fingerprint density at radius 1 is 1.11 bits per heavy atom. The highest BCUT2D eigenvalue weighted by Gasteiger charge is 2.01. The average Bonchev–Trinajstić information content (AvgIpc) is 2.41. The molecule has 19 heavy (non-hydrogen) atoms. The third-order valence-corrected chi connectivity index (χ3v) is 3.06. The van der Waals surface area contributed by atoms with E-state index in [0.29, 0.717) is 15.6 Å². The number of nitrogens with zero attached hydrogens (tertiary/aromatic N) is 1. The number of nitrogens with two attached hydrogens (primary N) is 1. The summed E-state index contributed by atoms with van der Waals surface area (Å²) in [6.45, 7) is 0.265. The summed E-state index contributed by atoms with van der Waals surface area (Å²) in [4.78, 5) is 5.19. The first-order valence-electron chi connectivity index (χ1n) is 5.61.